The molecule has 3 nitrogen and oxygen atoms in total. The number of rotatable bonds is 2. The fourth-order valence-electron chi connectivity index (χ4n) is 3.33. The van der Waals surface area contributed by atoms with Gasteiger partial charge in [0.25, 0.3) is 0 Å². The topological polar surface area (TPSA) is 43.8 Å². The van der Waals surface area contributed by atoms with E-state index in [1.807, 2.05) is 0 Å². The summed E-state index contributed by atoms with van der Waals surface area (Å²) in [6.07, 6.45) is 4.42. The van der Waals surface area contributed by atoms with Crippen molar-refractivity contribution >= 4 is 17.4 Å². The number of nitrogens with two attached hydrogens (primary N) is 1. The lowest BCUT2D eigenvalue weighted by Crippen LogP contribution is -2.19. The predicted molar refractivity (Wildman–Crippen MR) is 83.8 cm³/mol. The monoisotopic (exact) mass is 307 g/mol. The van der Waals surface area contributed by atoms with Crippen molar-refractivity contribution < 1.29 is 4.39 Å². The molecule has 1 aliphatic carbocycles. The molecule has 0 atom stereocenters. The van der Waals surface area contributed by atoms with Crippen LogP contribution in [-0.2, 0) is 12.5 Å². The van der Waals surface area contributed by atoms with E-state index in [1.54, 1.807) is 23.9 Å². The van der Waals surface area contributed by atoms with Crippen molar-refractivity contribution in [2.24, 2.45) is 7.05 Å². The predicted octanol–water partition coefficient (Wildman–Crippen LogP) is 4.29. The molecule has 21 heavy (non-hydrogen) atoms. The van der Waals surface area contributed by atoms with Gasteiger partial charge in [-0.15, -0.1) is 0 Å². The van der Waals surface area contributed by atoms with Gasteiger partial charge >= 0.3 is 0 Å². The fourth-order valence-corrected chi connectivity index (χ4v) is 3.59. The van der Waals surface area contributed by atoms with Gasteiger partial charge in [0.05, 0.1) is 16.3 Å². The maximum atomic E-state index is 14.3. The Labute approximate surface area is 128 Å². The summed E-state index contributed by atoms with van der Waals surface area (Å²) < 4.78 is 16.0. The largest absolute Gasteiger partial charge is 0.383 e. The van der Waals surface area contributed by atoms with Gasteiger partial charge in [-0.3, -0.25) is 4.68 Å². The molecule has 0 bridgehead atoms. The molecule has 0 amide bonds. The van der Waals surface area contributed by atoms with Gasteiger partial charge in [0.15, 0.2) is 0 Å². The Morgan fingerprint density at radius 2 is 1.95 bits per heavy atom. The molecule has 1 saturated carbocycles. The van der Waals surface area contributed by atoms with Gasteiger partial charge in [-0.2, -0.15) is 5.10 Å². The fraction of sp³-hybridized carbons (Fsp3) is 0.438. The number of halogens is 2. The van der Waals surface area contributed by atoms with Crippen LogP contribution in [0.2, 0.25) is 5.02 Å². The minimum Gasteiger partial charge on any atom is -0.383 e. The molecular formula is C16H19ClFN3. The zero-order valence-corrected chi connectivity index (χ0v) is 13.0. The number of benzene rings is 1. The first-order valence-electron chi connectivity index (χ1n) is 7.21. The van der Waals surface area contributed by atoms with Gasteiger partial charge < -0.3 is 5.73 Å². The van der Waals surface area contributed by atoms with Crippen LogP contribution in [0.5, 0.6) is 0 Å². The average Bonchev–Trinajstić information content (AvgIpc) is 2.98. The van der Waals surface area contributed by atoms with E-state index < -0.39 is 0 Å². The molecule has 0 unspecified atom stereocenters. The molecule has 1 aromatic heterocycles. The molecule has 1 aliphatic rings. The molecule has 0 aliphatic heterocycles. The number of aromatic nitrogens is 2. The summed E-state index contributed by atoms with van der Waals surface area (Å²) in [5.74, 6) is 0.107. The second kappa shape index (κ2) is 5.02. The lowest BCUT2D eigenvalue weighted by molar-refractivity contribution is 0.469. The molecular weight excluding hydrogens is 289 g/mol. The summed E-state index contributed by atoms with van der Waals surface area (Å²) >= 11 is 6.24. The molecule has 1 fully saturated rings. The smallest absolute Gasteiger partial charge is 0.132 e. The highest BCUT2D eigenvalue weighted by molar-refractivity contribution is 6.33. The van der Waals surface area contributed by atoms with Crippen molar-refractivity contribution in [3.63, 3.8) is 0 Å². The normalized spacial score (nSPS) is 17.3. The van der Waals surface area contributed by atoms with Crippen LogP contribution in [0.15, 0.2) is 18.2 Å². The second-order valence-corrected chi connectivity index (χ2v) is 6.50. The van der Waals surface area contributed by atoms with E-state index in [9.17, 15) is 4.39 Å². The van der Waals surface area contributed by atoms with E-state index in [1.165, 1.54) is 6.07 Å². The van der Waals surface area contributed by atoms with Crippen molar-refractivity contribution in [1.29, 1.82) is 0 Å². The highest BCUT2D eigenvalue weighted by Crippen LogP contribution is 2.47. The van der Waals surface area contributed by atoms with E-state index in [-0.39, 0.29) is 11.2 Å². The van der Waals surface area contributed by atoms with Crippen molar-refractivity contribution in [3.05, 3.63) is 34.7 Å². The Bertz CT molecular complexity index is 667. The summed E-state index contributed by atoms with van der Waals surface area (Å²) in [5.41, 5.74) is 8.01. The van der Waals surface area contributed by atoms with Crippen molar-refractivity contribution in [2.75, 3.05) is 5.73 Å². The average molecular weight is 308 g/mol. The Kier molecular flexibility index (Phi) is 3.44. The molecule has 5 heteroatoms. The maximum Gasteiger partial charge on any atom is 0.132 e. The number of hydrogen-bond acceptors (Lipinski definition) is 2. The summed E-state index contributed by atoms with van der Waals surface area (Å²) in [6, 6.07) is 4.70. The SMILES string of the molecule is Cn1nc(C2(C)CCCC2)c(-c2c(F)cccc2Cl)c1N. The summed E-state index contributed by atoms with van der Waals surface area (Å²) in [5, 5.41) is 4.96. The molecule has 1 heterocycles. The Hall–Kier alpha value is -1.55. The summed E-state index contributed by atoms with van der Waals surface area (Å²) in [4.78, 5) is 0. The number of hydrogen-bond donors (Lipinski definition) is 1. The van der Waals surface area contributed by atoms with Crippen LogP contribution in [0, 0.1) is 5.82 Å². The van der Waals surface area contributed by atoms with Gasteiger partial charge in [0, 0.05) is 18.0 Å². The number of nitrogen functional groups attached to an aromatic ring is 1. The van der Waals surface area contributed by atoms with Crippen molar-refractivity contribution in [1.82, 2.24) is 9.78 Å². The van der Waals surface area contributed by atoms with Crippen LogP contribution in [0.4, 0.5) is 10.2 Å². The third-order valence-corrected chi connectivity index (χ3v) is 4.90. The van der Waals surface area contributed by atoms with E-state index in [0.717, 1.165) is 31.4 Å². The molecule has 1 aromatic carbocycles. The number of nitrogens with zero attached hydrogens (tertiary/aromatic N) is 2. The summed E-state index contributed by atoms with van der Waals surface area (Å²) in [7, 11) is 1.79. The van der Waals surface area contributed by atoms with E-state index in [0.29, 0.717) is 22.0 Å². The molecule has 3 rings (SSSR count). The lowest BCUT2D eigenvalue weighted by Gasteiger charge is -2.23. The number of aryl methyl sites for hydroxylation is 1. The quantitative estimate of drug-likeness (QED) is 0.899. The molecule has 0 radical (unpaired) electrons. The van der Waals surface area contributed by atoms with Gasteiger partial charge in [0.2, 0.25) is 0 Å². The molecule has 0 saturated heterocycles. The zero-order valence-electron chi connectivity index (χ0n) is 12.3. The minimum atomic E-state index is -0.356. The highest BCUT2D eigenvalue weighted by Gasteiger charge is 2.37. The van der Waals surface area contributed by atoms with Crippen LogP contribution in [-0.4, -0.2) is 9.78 Å². The third kappa shape index (κ3) is 2.22. The first-order valence-corrected chi connectivity index (χ1v) is 7.59. The molecule has 2 N–H and O–H groups in total. The molecule has 112 valence electrons. The van der Waals surface area contributed by atoms with Crippen LogP contribution < -0.4 is 5.73 Å². The van der Waals surface area contributed by atoms with Gasteiger partial charge in [-0.1, -0.05) is 37.4 Å². The van der Waals surface area contributed by atoms with Crippen LogP contribution in [0.25, 0.3) is 11.1 Å². The highest BCUT2D eigenvalue weighted by atomic mass is 35.5. The first-order chi connectivity index (χ1) is 9.94. The van der Waals surface area contributed by atoms with Gasteiger partial charge in [-0.05, 0) is 25.0 Å². The number of anilines is 1. The first kappa shape index (κ1) is 14.4. The standard InChI is InChI=1S/C16H19ClFN3/c1-16(8-3-4-9-16)14-13(15(19)21(2)20-14)12-10(17)6-5-7-11(12)18/h5-7H,3-4,8-9,19H2,1-2H3. The van der Waals surface area contributed by atoms with E-state index in [2.05, 4.69) is 12.0 Å². The zero-order chi connectivity index (χ0) is 15.2. The third-order valence-electron chi connectivity index (χ3n) is 4.58. The maximum absolute atomic E-state index is 14.3. The second-order valence-electron chi connectivity index (χ2n) is 6.10. The Morgan fingerprint density at radius 1 is 1.29 bits per heavy atom. The van der Waals surface area contributed by atoms with Crippen LogP contribution in [0.1, 0.15) is 38.3 Å². The minimum absolute atomic E-state index is 0.0592. The molecule has 2 aromatic rings. The Balaban J connectivity index is 2.28. The van der Waals surface area contributed by atoms with Gasteiger partial charge in [-0.25, -0.2) is 4.39 Å². The van der Waals surface area contributed by atoms with E-state index in [4.69, 9.17) is 17.3 Å². The van der Waals surface area contributed by atoms with Crippen LogP contribution >= 0.6 is 11.6 Å². The molecule has 0 spiro atoms. The Morgan fingerprint density at radius 3 is 2.57 bits per heavy atom. The van der Waals surface area contributed by atoms with E-state index >= 15 is 0 Å². The lowest BCUT2D eigenvalue weighted by atomic mass is 9.81. The van der Waals surface area contributed by atoms with Crippen molar-refractivity contribution in [3.8, 4) is 11.1 Å². The van der Waals surface area contributed by atoms with Crippen LogP contribution in [0.3, 0.4) is 0 Å². The van der Waals surface area contributed by atoms with Gasteiger partial charge in [0.1, 0.15) is 11.6 Å². The van der Waals surface area contributed by atoms with Crippen molar-refractivity contribution in [2.45, 2.75) is 38.0 Å². The summed E-state index contributed by atoms with van der Waals surface area (Å²) in [6.45, 7) is 2.18.